The normalized spacial score (nSPS) is 17.2. The maximum Gasteiger partial charge on any atom is 0.155 e. The topological polar surface area (TPSA) is 42.4 Å². The molecule has 102 valence electrons. The zero-order chi connectivity index (χ0) is 14.1. The molecule has 1 saturated heterocycles. The molecule has 1 aliphatic rings. The van der Waals surface area contributed by atoms with Crippen LogP contribution in [-0.4, -0.2) is 15.9 Å². The second-order valence-electron chi connectivity index (χ2n) is 4.32. The maximum absolute atomic E-state index is 5.87. The van der Waals surface area contributed by atoms with E-state index in [1.54, 1.807) is 5.01 Å². The number of nitrogens with two attached hydrogens (primary N) is 1. The van der Waals surface area contributed by atoms with Gasteiger partial charge in [0.25, 0.3) is 0 Å². The van der Waals surface area contributed by atoms with Crippen molar-refractivity contribution in [3.8, 4) is 11.3 Å². The van der Waals surface area contributed by atoms with Crippen molar-refractivity contribution in [1.29, 1.82) is 0 Å². The molecule has 0 atom stereocenters. The Labute approximate surface area is 131 Å². The van der Waals surface area contributed by atoms with Gasteiger partial charge in [0, 0.05) is 15.5 Å². The Morgan fingerprint density at radius 3 is 2.65 bits per heavy atom. The van der Waals surface area contributed by atoms with Crippen molar-refractivity contribution in [3.63, 3.8) is 0 Å². The van der Waals surface area contributed by atoms with E-state index in [1.165, 1.54) is 11.8 Å². The Kier molecular flexibility index (Phi) is 3.85. The number of thioether (sulfide) groups is 1. The third kappa shape index (κ3) is 2.91. The van der Waals surface area contributed by atoms with Gasteiger partial charge in [0.05, 0.1) is 6.54 Å². The van der Waals surface area contributed by atoms with Gasteiger partial charge < -0.3 is 4.42 Å². The minimum absolute atomic E-state index is 0.625. The summed E-state index contributed by atoms with van der Waals surface area (Å²) in [6.07, 6.45) is 1.96. The summed E-state index contributed by atoms with van der Waals surface area (Å²) in [5.74, 6) is 7.32. The number of nitrogens with zero attached hydrogens (tertiary/aromatic N) is 1. The molecule has 1 aromatic carbocycles. The molecule has 1 fully saturated rings. The highest BCUT2D eigenvalue weighted by Gasteiger charge is 2.19. The Balaban J connectivity index is 1.82. The Morgan fingerprint density at radius 2 is 2.00 bits per heavy atom. The first-order valence-corrected chi connectivity index (χ1v) is 7.52. The van der Waals surface area contributed by atoms with Crippen LogP contribution < -0.4 is 5.84 Å². The van der Waals surface area contributed by atoms with E-state index in [4.69, 9.17) is 34.1 Å². The number of hydrazine groups is 1. The van der Waals surface area contributed by atoms with E-state index < -0.39 is 0 Å². The molecule has 0 spiro atoms. The summed E-state index contributed by atoms with van der Waals surface area (Å²) in [6, 6.07) is 11.4. The molecule has 0 unspecified atom stereocenters. The van der Waals surface area contributed by atoms with Crippen LogP contribution in [0.5, 0.6) is 0 Å². The van der Waals surface area contributed by atoms with Gasteiger partial charge in [-0.15, -0.1) is 0 Å². The van der Waals surface area contributed by atoms with E-state index in [1.807, 2.05) is 42.5 Å². The average Bonchev–Trinajstić information content (AvgIpc) is 2.99. The largest absolute Gasteiger partial charge is 0.457 e. The summed E-state index contributed by atoms with van der Waals surface area (Å²) in [5, 5.41) is 2.26. The molecule has 2 aromatic rings. The SMILES string of the molecule is NN1CC(=Cc2ccc(-c3ccc(Cl)cc3)o2)SC1=S. The van der Waals surface area contributed by atoms with Crippen molar-refractivity contribution >= 4 is 46.0 Å². The quantitative estimate of drug-likeness (QED) is 0.664. The Hall–Kier alpha value is -1.27. The van der Waals surface area contributed by atoms with Crippen LogP contribution in [0.3, 0.4) is 0 Å². The van der Waals surface area contributed by atoms with Crippen LogP contribution in [0.2, 0.25) is 5.02 Å². The van der Waals surface area contributed by atoms with Gasteiger partial charge in [0.15, 0.2) is 4.32 Å². The van der Waals surface area contributed by atoms with E-state index in [-0.39, 0.29) is 0 Å². The van der Waals surface area contributed by atoms with Crippen molar-refractivity contribution in [2.24, 2.45) is 5.84 Å². The number of hydrogen-bond acceptors (Lipinski definition) is 4. The molecule has 3 nitrogen and oxygen atoms in total. The smallest absolute Gasteiger partial charge is 0.155 e. The first kappa shape index (κ1) is 13.7. The molecule has 0 bridgehead atoms. The maximum atomic E-state index is 5.87. The van der Waals surface area contributed by atoms with E-state index in [0.29, 0.717) is 15.9 Å². The number of benzene rings is 1. The fourth-order valence-electron chi connectivity index (χ4n) is 1.87. The summed E-state index contributed by atoms with van der Waals surface area (Å²) in [6.45, 7) is 0.625. The lowest BCUT2D eigenvalue weighted by Crippen LogP contribution is -2.29. The minimum atomic E-state index is 0.625. The summed E-state index contributed by atoms with van der Waals surface area (Å²) >= 11 is 12.5. The van der Waals surface area contributed by atoms with Gasteiger partial charge in [-0.25, -0.2) is 5.84 Å². The van der Waals surface area contributed by atoms with Crippen LogP contribution in [0.15, 0.2) is 45.7 Å². The monoisotopic (exact) mass is 322 g/mol. The Bertz CT molecular complexity index is 679. The van der Waals surface area contributed by atoms with Crippen LogP contribution >= 0.6 is 35.6 Å². The molecular weight excluding hydrogens is 312 g/mol. The van der Waals surface area contributed by atoms with Crippen molar-refractivity contribution in [1.82, 2.24) is 5.01 Å². The first-order valence-electron chi connectivity index (χ1n) is 5.92. The molecule has 3 rings (SSSR count). The lowest BCUT2D eigenvalue weighted by atomic mass is 10.2. The number of furan rings is 1. The van der Waals surface area contributed by atoms with Gasteiger partial charge in [-0.2, -0.15) is 0 Å². The highest BCUT2D eigenvalue weighted by Crippen LogP contribution is 2.31. The standard InChI is InChI=1S/C14H11ClN2OS2/c15-10-3-1-9(2-4-10)13-6-5-11(18-13)7-12-8-17(16)14(19)20-12/h1-7H,8,16H2. The molecule has 0 saturated carbocycles. The lowest BCUT2D eigenvalue weighted by molar-refractivity contribution is 0.512. The summed E-state index contributed by atoms with van der Waals surface area (Å²) in [7, 11) is 0. The number of thiocarbonyl (C=S) groups is 1. The lowest BCUT2D eigenvalue weighted by Gasteiger charge is -2.04. The third-order valence-electron chi connectivity index (χ3n) is 2.84. The molecular formula is C14H11ClN2OS2. The van der Waals surface area contributed by atoms with Crippen LogP contribution in [0.1, 0.15) is 5.76 Å². The predicted octanol–water partition coefficient (Wildman–Crippen LogP) is 4.15. The molecule has 0 radical (unpaired) electrons. The van der Waals surface area contributed by atoms with E-state index in [9.17, 15) is 0 Å². The van der Waals surface area contributed by atoms with E-state index in [0.717, 1.165) is 22.0 Å². The van der Waals surface area contributed by atoms with Gasteiger partial charge in [-0.3, -0.25) is 5.01 Å². The third-order valence-corrected chi connectivity index (χ3v) is 4.49. The van der Waals surface area contributed by atoms with Crippen molar-refractivity contribution in [3.05, 3.63) is 52.1 Å². The molecule has 20 heavy (non-hydrogen) atoms. The highest BCUT2D eigenvalue weighted by atomic mass is 35.5. The van der Waals surface area contributed by atoms with Gasteiger partial charge in [-0.05, 0) is 42.5 Å². The average molecular weight is 323 g/mol. The molecule has 2 heterocycles. The molecule has 6 heteroatoms. The van der Waals surface area contributed by atoms with Gasteiger partial charge in [-0.1, -0.05) is 35.6 Å². The predicted molar refractivity (Wildman–Crippen MR) is 88.2 cm³/mol. The number of rotatable bonds is 2. The summed E-state index contributed by atoms with van der Waals surface area (Å²) in [4.78, 5) is 1.08. The van der Waals surface area contributed by atoms with Crippen LogP contribution in [0.4, 0.5) is 0 Å². The fraction of sp³-hybridized carbons (Fsp3) is 0.0714. The van der Waals surface area contributed by atoms with Crippen LogP contribution in [0.25, 0.3) is 17.4 Å². The van der Waals surface area contributed by atoms with Gasteiger partial charge >= 0.3 is 0 Å². The van der Waals surface area contributed by atoms with Crippen molar-refractivity contribution in [2.75, 3.05) is 6.54 Å². The van der Waals surface area contributed by atoms with Crippen LogP contribution in [0, 0.1) is 0 Å². The van der Waals surface area contributed by atoms with E-state index >= 15 is 0 Å². The number of hydrogen-bond donors (Lipinski definition) is 1. The second kappa shape index (κ2) is 5.61. The molecule has 1 aliphatic heterocycles. The molecule has 0 amide bonds. The highest BCUT2D eigenvalue weighted by molar-refractivity contribution is 8.25. The van der Waals surface area contributed by atoms with E-state index in [2.05, 4.69) is 0 Å². The first-order chi connectivity index (χ1) is 9.61. The van der Waals surface area contributed by atoms with Crippen LogP contribution in [-0.2, 0) is 0 Å². The zero-order valence-corrected chi connectivity index (χ0v) is 12.8. The van der Waals surface area contributed by atoms with Crippen molar-refractivity contribution in [2.45, 2.75) is 0 Å². The molecule has 2 N–H and O–H groups in total. The Morgan fingerprint density at radius 1 is 1.25 bits per heavy atom. The summed E-state index contributed by atoms with van der Waals surface area (Å²) < 4.78 is 6.49. The zero-order valence-electron chi connectivity index (χ0n) is 10.4. The second-order valence-corrected chi connectivity index (χ2v) is 6.51. The van der Waals surface area contributed by atoms with Gasteiger partial charge in [0.1, 0.15) is 11.5 Å². The minimum Gasteiger partial charge on any atom is -0.457 e. The fourth-order valence-corrected chi connectivity index (χ4v) is 3.17. The van der Waals surface area contributed by atoms with Gasteiger partial charge in [0.2, 0.25) is 0 Å². The number of halogens is 1. The van der Waals surface area contributed by atoms with Crippen molar-refractivity contribution < 1.29 is 4.42 Å². The molecule has 1 aromatic heterocycles. The summed E-state index contributed by atoms with van der Waals surface area (Å²) in [5.41, 5.74) is 0.995. The molecule has 0 aliphatic carbocycles.